The van der Waals surface area contributed by atoms with Gasteiger partial charge in [0.15, 0.2) is 5.78 Å². The van der Waals surface area contributed by atoms with Gasteiger partial charge in [0, 0.05) is 62.9 Å². The summed E-state index contributed by atoms with van der Waals surface area (Å²) in [6, 6.07) is 12.9. The van der Waals surface area contributed by atoms with E-state index in [1.54, 1.807) is 73.4 Å². The van der Waals surface area contributed by atoms with Gasteiger partial charge in [-0.25, -0.2) is 0 Å². The van der Waals surface area contributed by atoms with E-state index in [0.717, 1.165) is 31.5 Å². The van der Waals surface area contributed by atoms with Crippen molar-refractivity contribution in [2.75, 3.05) is 40.3 Å². The number of benzene rings is 2. The van der Waals surface area contributed by atoms with Gasteiger partial charge in [-0.05, 0) is 87.4 Å². The first-order valence-corrected chi connectivity index (χ1v) is 15.6. The Kier molecular flexibility index (Phi) is 12.0. The summed E-state index contributed by atoms with van der Waals surface area (Å²) in [5.41, 5.74) is 2.08. The monoisotopic (exact) mass is 654 g/mol. The number of carbonyl (C=O) groups excluding carboxylic acids is 3. The fourth-order valence-corrected chi connectivity index (χ4v) is 5.93. The summed E-state index contributed by atoms with van der Waals surface area (Å²) >= 11 is 0. The number of ether oxygens (including phenoxy) is 2. The average molecular weight is 655 g/mol. The minimum atomic E-state index is -4.72. The van der Waals surface area contributed by atoms with Crippen molar-refractivity contribution in [2.24, 2.45) is 10.9 Å². The molecular weight excluding hydrogens is 613 g/mol. The lowest BCUT2D eigenvalue weighted by molar-refractivity contribution is -0.274. The summed E-state index contributed by atoms with van der Waals surface area (Å²) in [4.78, 5) is 48.8. The second kappa shape index (κ2) is 15.9. The minimum absolute atomic E-state index is 0.0224. The topological polar surface area (TPSA) is 91.8 Å². The molecule has 0 spiro atoms. The van der Waals surface area contributed by atoms with Gasteiger partial charge in [0.25, 0.3) is 5.91 Å². The molecule has 2 fully saturated rings. The molecular formula is C35H41F3N4O5. The third-order valence-corrected chi connectivity index (χ3v) is 8.73. The number of likely N-dealkylation sites (N-methyl/N-ethyl adjacent to an activating group) is 1. The number of carbonyl (C=O) groups is 3. The van der Waals surface area contributed by atoms with Crippen LogP contribution in [0.3, 0.4) is 0 Å². The van der Waals surface area contributed by atoms with Gasteiger partial charge in [0.1, 0.15) is 17.2 Å². The molecule has 2 amide bonds. The van der Waals surface area contributed by atoms with Crippen molar-refractivity contribution >= 4 is 24.3 Å². The Balaban J connectivity index is 1.25. The van der Waals surface area contributed by atoms with Crippen LogP contribution in [0.2, 0.25) is 0 Å². The van der Waals surface area contributed by atoms with Crippen LogP contribution >= 0.6 is 0 Å². The summed E-state index contributed by atoms with van der Waals surface area (Å²) in [7, 11) is 3.33. The number of hydrogen-bond acceptors (Lipinski definition) is 7. The van der Waals surface area contributed by atoms with Crippen LogP contribution < -0.4 is 9.47 Å². The molecule has 2 aromatic rings. The van der Waals surface area contributed by atoms with Crippen LogP contribution in [0.1, 0.15) is 48.5 Å². The number of Topliss-reactive ketones (excluding diaryl/α,β-unsaturated/α-hetero) is 1. The zero-order valence-corrected chi connectivity index (χ0v) is 27.0. The number of nitrogens with zero attached hydrogens (tertiary/aromatic N) is 4. The third kappa shape index (κ3) is 9.77. The molecule has 2 aliphatic heterocycles. The molecule has 0 bridgehead atoms. The Morgan fingerprint density at radius 3 is 2.09 bits per heavy atom. The molecule has 0 atom stereocenters. The molecule has 4 rings (SSSR count). The van der Waals surface area contributed by atoms with Crippen LogP contribution in [0.25, 0.3) is 0 Å². The third-order valence-electron chi connectivity index (χ3n) is 8.73. The van der Waals surface area contributed by atoms with E-state index in [0.29, 0.717) is 49.4 Å². The van der Waals surface area contributed by atoms with Gasteiger partial charge in [-0.3, -0.25) is 24.3 Å². The zero-order chi connectivity index (χ0) is 34.1. The van der Waals surface area contributed by atoms with Crippen LogP contribution in [0.5, 0.6) is 11.5 Å². The maximum absolute atomic E-state index is 13.2. The maximum Gasteiger partial charge on any atom is 0.573 e. The minimum Gasteiger partial charge on any atom is -0.497 e. The van der Waals surface area contributed by atoms with Gasteiger partial charge in [-0.2, -0.15) is 0 Å². The molecule has 0 saturated carbocycles. The quantitative estimate of drug-likeness (QED) is 0.134. The van der Waals surface area contributed by atoms with Crippen LogP contribution in [-0.4, -0.2) is 91.8 Å². The number of methoxy groups -OCH3 is 1. The molecule has 2 heterocycles. The molecule has 2 saturated heterocycles. The van der Waals surface area contributed by atoms with Crippen molar-refractivity contribution in [1.82, 2.24) is 14.7 Å². The lowest BCUT2D eigenvalue weighted by atomic mass is 9.88. The van der Waals surface area contributed by atoms with E-state index >= 15 is 0 Å². The van der Waals surface area contributed by atoms with Crippen molar-refractivity contribution in [2.45, 2.75) is 51.6 Å². The number of likely N-dealkylation sites (tertiary alicyclic amines) is 2. The van der Waals surface area contributed by atoms with Gasteiger partial charge in [-0.1, -0.05) is 18.2 Å². The highest BCUT2D eigenvalue weighted by molar-refractivity contribution is 5.99. The number of rotatable bonds is 11. The van der Waals surface area contributed by atoms with E-state index in [1.807, 2.05) is 0 Å². The van der Waals surface area contributed by atoms with Crippen LogP contribution in [0.15, 0.2) is 76.9 Å². The average Bonchev–Trinajstić information content (AvgIpc) is 3.08. The Bertz CT molecular complexity index is 1470. The summed E-state index contributed by atoms with van der Waals surface area (Å²) < 4.78 is 46.3. The predicted octanol–water partition coefficient (Wildman–Crippen LogP) is 5.67. The largest absolute Gasteiger partial charge is 0.573 e. The van der Waals surface area contributed by atoms with Gasteiger partial charge in [0.2, 0.25) is 5.91 Å². The Morgan fingerprint density at radius 1 is 0.936 bits per heavy atom. The summed E-state index contributed by atoms with van der Waals surface area (Å²) in [5.74, 6) is -0.145. The molecule has 12 heteroatoms. The maximum atomic E-state index is 13.2. The van der Waals surface area contributed by atoms with Crippen LogP contribution in [0.4, 0.5) is 13.2 Å². The zero-order valence-electron chi connectivity index (χ0n) is 27.0. The molecule has 0 N–H and O–H groups in total. The van der Waals surface area contributed by atoms with E-state index in [-0.39, 0.29) is 41.0 Å². The number of amides is 2. The van der Waals surface area contributed by atoms with Crippen molar-refractivity contribution < 1.29 is 37.0 Å². The standard InChI is InChI=1S/C35H41F3N4O5/c1-24(33(44)40(3)28-17-19-41(20-18-28)23-25-6-10-30(11-7-25)47-35(36,37)38)5-14-31(39-2)34(45)42-21-15-27(16-22-42)32(43)26-8-12-29(46-4)13-9-26/h5-14,27-28H,2,15-23H2,1,3-4H3/b24-5+,31-14-. The lowest BCUT2D eigenvalue weighted by Crippen LogP contribution is -2.45. The molecule has 0 aromatic heterocycles. The van der Waals surface area contributed by atoms with Crippen LogP contribution in [-0.2, 0) is 16.1 Å². The molecule has 0 aliphatic carbocycles. The number of allylic oxidation sites excluding steroid dienone is 2. The number of hydrogen-bond donors (Lipinski definition) is 0. The fourth-order valence-electron chi connectivity index (χ4n) is 5.93. The highest BCUT2D eigenvalue weighted by atomic mass is 19.4. The molecule has 0 unspecified atom stereocenters. The second-order valence-corrected chi connectivity index (χ2v) is 11.8. The molecule has 47 heavy (non-hydrogen) atoms. The number of ketones is 1. The second-order valence-electron chi connectivity index (χ2n) is 11.8. The van der Waals surface area contributed by atoms with E-state index in [2.05, 4.69) is 21.3 Å². The number of alkyl halides is 3. The molecule has 2 aliphatic rings. The Hall–Kier alpha value is -4.45. The summed E-state index contributed by atoms with van der Waals surface area (Å²) in [6.45, 7) is 8.12. The van der Waals surface area contributed by atoms with Crippen LogP contribution in [0, 0.1) is 5.92 Å². The molecule has 2 aromatic carbocycles. The first-order valence-electron chi connectivity index (χ1n) is 15.6. The highest BCUT2D eigenvalue weighted by Gasteiger charge is 2.32. The lowest BCUT2D eigenvalue weighted by Gasteiger charge is -2.37. The first-order chi connectivity index (χ1) is 22.4. The van der Waals surface area contributed by atoms with E-state index in [9.17, 15) is 27.6 Å². The van der Waals surface area contributed by atoms with E-state index in [1.165, 1.54) is 18.2 Å². The van der Waals surface area contributed by atoms with Gasteiger partial charge in [-0.15, -0.1) is 13.2 Å². The number of halogens is 3. The SMILES string of the molecule is C=N/C(=C\C=C(/C)C(=O)N(C)C1CCN(Cc2ccc(OC(F)(F)F)cc2)CC1)C(=O)N1CCC(C(=O)c2ccc(OC)cc2)CC1. The number of aliphatic imine (C=N–C) groups is 1. The van der Waals surface area contributed by atoms with Crippen molar-refractivity contribution in [1.29, 1.82) is 0 Å². The molecule has 0 radical (unpaired) electrons. The number of piperidine rings is 2. The van der Waals surface area contributed by atoms with E-state index in [4.69, 9.17) is 4.74 Å². The molecule has 9 nitrogen and oxygen atoms in total. The van der Waals surface area contributed by atoms with Gasteiger partial charge >= 0.3 is 6.36 Å². The predicted molar refractivity (Wildman–Crippen MR) is 172 cm³/mol. The van der Waals surface area contributed by atoms with Crippen molar-refractivity contribution in [3.63, 3.8) is 0 Å². The summed E-state index contributed by atoms with van der Waals surface area (Å²) in [6.07, 6.45) is 0.952. The fraction of sp³-hybridized carbons (Fsp3) is 0.429. The Labute approximate surface area is 273 Å². The van der Waals surface area contributed by atoms with Crippen molar-refractivity contribution in [3.8, 4) is 11.5 Å². The van der Waals surface area contributed by atoms with Crippen molar-refractivity contribution in [3.05, 3.63) is 83.1 Å². The normalized spacial score (nSPS) is 17.3. The first kappa shape index (κ1) is 35.4. The molecule has 252 valence electrons. The Morgan fingerprint density at radius 2 is 1.53 bits per heavy atom. The summed E-state index contributed by atoms with van der Waals surface area (Å²) in [5, 5.41) is 0. The smallest absolute Gasteiger partial charge is 0.497 e. The van der Waals surface area contributed by atoms with Gasteiger partial charge < -0.3 is 19.3 Å². The van der Waals surface area contributed by atoms with E-state index < -0.39 is 6.36 Å². The van der Waals surface area contributed by atoms with Gasteiger partial charge in [0.05, 0.1) is 7.11 Å². The highest BCUT2D eigenvalue weighted by Crippen LogP contribution is 2.26.